The molecule has 2 heterocycles. The van der Waals surface area contributed by atoms with Crippen LogP contribution in [0.4, 0.5) is 0 Å². The highest BCUT2D eigenvalue weighted by Crippen LogP contribution is 2.20. The van der Waals surface area contributed by atoms with Gasteiger partial charge in [0.2, 0.25) is 0 Å². The van der Waals surface area contributed by atoms with Crippen molar-refractivity contribution in [1.82, 2.24) is 25.7 Å². The maximum Gasteiger partial charge on any atom is 0.191 e. The summed E-state index contributed by atoms with van der Waals surface area (Å²) in [6.45, 7) is 15.1. The first-order valence-electron chi connectivity index (χ1n) is 11.0. The van der Waals surface area contributed by atoms with Gasteiger partial charge in [-0.15, -0.1) is 24.0 Å². The van der Waals surface area contributed by atoms with Crippen molar-refractivity contribution in [1.29, 1.82) is 0 Å². The number of aromatic amines is 1. The van der Waals surface area contributed by atoms with Crippen LogP contribution in [0.1, 0.15) is 51.3 Å². The second-order valence-corrected chi connectivity index (χ2v) is 7.56. The van der Waals surface area contributed by atoms with E-state index in [-0.39, 0.29) is 24.0 Å². The highest BCUT2D eigenvalue weighted by Gasteiger charge is 2.26. The van der Waals surface area contributed by atoms with Gasteiger partial charge >= 0.3 is 0 Å². The zero-order valence-corrected chi connectivity index (χ0v) is 21.0. The SMILES string of the molecule is CCNC(=NCC(C(CC)CC)N1CCOCC1)NCCCc1cn[nH]c1C.I. The molecule has 3 N–H and O–H groups in total. The number of ether oxygens (including phenoxy) is 1. The lowest BCUT2D eigenvalue weighted by Crippen LogP contribution is -2.49. The lowest BCUT2D eigenvalue weighted by atomic mass is 9.92. The molecule has 0 aliphatic carbocycles. The Bertz CT molecular complexity index is 569. The van der Waals surface area contributed by atoms with Crippen molar-refractivity contribution in [3.05, 3.63) is 17.5 Å². The zero-order valence-electron chi connectivity index (χ0n) is 18.7. The Morgan fingerprint density at radius 3 is 2.55 bits per heavy atom. The molecule has 0 aromatic carbocycles. The number of nitrogens with one attached hydrogen (secondary N) is 3. The maximum atomic E-state index is 5.56. The van der Waals surface area contributed by atoms with Crippen molar-refractivity contribution >= 4 is 29.9 Å². The average molecular weight is 521 g/mol. The fraction of sp³-hybridized carbons (Fsp3) is 0.810. The van der Waals surface area contributed by atoms with Crippen molar-refractivity contribution in [3.8, 4) is 0 Å². The van der Waals surface area contributed by atoms with Gasteiger partial charge in [0, 0.05) is 37.9 Å². The van der Waals surface area contributed by atoms with Crippen LogP contribution in [0, 0.1) is 12.8 Å². The summed E-state index contributed by atoms with van der Waals surface area (Å²) in [7, 11) is 0. The van der Waals surface area contributed by atoms with E-state index in [1.165, 1.54) is 24.1 Å². The van der Waals surface area contributed by atoms with Gasteiger partial charge in [0.05, 0.1) is 26.0 Å². The largest absolute Gasteiger partial charge is 0.379 e. The number of morpholine rings is 1. The van der Waals surface area contributed by atoms with Crippen LogP contribution in [-0.4, -0.2) is 73.0 Å². The van der Waals surface area contributed by atoms with Gasteiger partial charge in [-0.3, -0.25) is 15.0 Å². The first-order chi connectivity index (χ1) is 13.7. The molecule has 1 aliphatic heterocycles. The third-order valence-electron chi connectivity index (χ3n) is 5.74. The van der Waals surface area contributed by atoms with E-state index in [0.717, 1.165) is 64.7 Å². The van der Waals surface area contributed by atoms with E-state index in [9.17, 15) is 0 Å². The number of aromatic nitrogens is 2. The number of H-pyrrole nitrogens is 1. The maximum absolute atomic E-state index is 5.56. The van der Waals surface area contributed by atoms with E-state index < -0.39 is 0 Å². The Morgan fingerprint density at radius 2 is 1.97 bits per heavy atom. The fourth-order valence-corrected chi connectivity index (χ4v) is 3.94. The summed E-state index contributed by atoms with van der Waals surface area (Å²) in [4.78, 5) is 7.53. The predicted octanol–water partition coefficient (Wildman–Crippen LogP) is 2.96. The van der Waals surface area contributed by atoms with Gasteiger partial charge in [-0.25, -0.2) is 0 Å². The molecule has 1 unspecified atom stereocenters. The van der Waals surface area contributed by atoms with Crippen LogP contribution in [0.2, 0.25) is 0 Å². The summed E-state index contributed by atoms with van der Waals surface area (Å²) in [5.74, 6) is 1.60. The Balaban J connectivity index is 0.00000420. The molecule has 7 nitrogen and oxygen atoms in total. The van der Waals surface area contributed by atoms with Gasteiger partial charge in [-0.1, -0.05) is 26.7 Å². The van der Waals surface area contributed by atoms with Gasteiger partial charge in [0.1, 0.15) is 0 Å². The highest BCUT2D eigenvalue weighted by molar-refractivity contribution is 14.0. The lowest BCUT2D eigenvalue weighted by Gasteiger charge is -2.38. The Morgan fingerprint density at radius 1 is 1.24 bits per heavy atom. The fourth-order valence-electron chi connectivity index (χ4n) is 3.94. The molecule has 0 bridgehead atoms. The molecule has 0 saturated carbocycles. The number of rotatable bonds is 11. The van der Waals surface area contributed by atoms with E-state index in [4.69, 9.17) is 9.73 Å². The second kappa shape index (κ2) is 15.0. The third kappa shape index (κ3) is 8.80. The molecule has 168 valence electrons. The molecule has 8 heteroatoms. The van der Waals surface area contributed by atoms with Crippen molar-refractivity contribution in [2.45, 2.75) is 59.4 Å². The average Bonchev–Trinajstić information content (AvgIpc) is 3.13. The molecule has 1 aliphatic rings. The molecular weight excluding hydrogens is 479 g/mol. The summed E-state index contributed by atoms with van der Waals surface area (Å²) in [6.07, 6.45) is 6.41. The molecule has 0 spiro atoms. The summed E-state index contributed by atoms with van der Waals surface area (Å²) in [6, 6.07) is 0.489. The van der Waals surface area contributed by atoms with Crippen LogP contribution in [0.5, 0.6) is 0 Å². The minimum absolute atomic E-state index is 0. The molecule has 1 saturated heterocycles. The minimum Gasteiger partial charge on any atom is -0.379 e. The van der Waals surface area contributed by atoms with Gasteiger partial charge in [-0.2, -0.15) is 5.10 Å². The van der Waals surface area contributed by atoms with Gasteiger partial charge in [-0.05, 0) is 38.2 Å². The molecular formula is C21H41IN6O. The Labute approximate surface area is 193 Å². The molecule has 0 amide bonds. The van der Waals surface area contributed by atoms with Crippen molar-refractivity contribution < 1.29 is 4.74 Å². The number of halogens is 1. The third-order valence-corrected chi connectivity index (χ3v) is 5.74. The number of aliphatic imine (C=N–C) groups is 1. The summed E-state index contributed by atoms with van der Waals surface area (Å²) in [5.41, 5.74) is 2.46. The van der Waals surface area contributed by atoms with Crippen LogP contribution >= 0.6 is 24.0 Å². The van der Waals surface area contributed by atoms with Crippen molar-refractivity contribution in [2.75, 3.05) is 45.9 Å². The Hall–Kier alpha value is -0.870. The topological polar surface area (TPSA) is 77.6 Å². The standard InChI is InChI=1S/C21H40N6O.HI/c1-5-18(6-2)20(27-11-13-28-14-12-27)16-24-21(22-7-3)23-10-8-9-19-15-25-26-17(19)4;/h15,18,20H,5-14,16H2,1-4H3,(H,25,26)(H2,22,23,24);1H. The smallest absolute Gasteiger partial charge is 0.191 e. The summed E-state index contributed by atoms with van der Waals surface area (Å²) < 4.78 is 5.56. The minimum atomic E-state index is 0. The molecule has 29 heavy (non-hydrogen) atoms. The molecule has 1 aromatic rings. The monoisotopic (exact) mass is 520 g/mol. The van der Waals surface area contributed by atoms with E-state index in [0.29, 0.717) is 12.0 Å². The summed E-state index contributed by atoms with van der Waals surface area (Å²) in [5, 5.41) is 14.0. The molecule has 2 rings (SSSR count). The van der Waals surface area contributed by atoms with E-state index in [1.807, 2.05) is 6.20 Å². The number of aryl methyl sites for hydroxylation is 2. The number of hydrogen-bond acceptors (Lipinski definition) is 4. The van der Waals surface area contributed by atoms with Crippen LogP contribution in [-0.2, 0) is 11.2 Å². The molecule has 1 fully saturated rings. The normalized spacial score (nSPS) is 16.5. The van der Waals surface area contributed by atoms with E-state index in [1.54, 1.807) is 0 Å². The number of hydrogen-bond donors (Lipinski definition) is 3. The van der Waals surface area contributed by atoms with Gasteiger partial charge < -0.3 is 15.4 Å². The molecule has 1 atom stereocenters. The van der Waals surface area contributed by atoms with Crippen molar-refractivity contribution in [2.24, 2.45) is 10.9 Å². The first-order valence-corrected chi connectivity index (χ1v) is 11.0. The lowest BCUT2D eigenvalue weighted by molar-refractivity contribution is 0.00395. The van der Waals surface area contributed by atoms with Crippen LogP contribution in [0.3, 0.4) is 0 Å². The van der Waals surface area contributed by atoms with Gasteiger partial charge in [0.15, 0.2) is 5.96 Å². The highest BCUT2D eigenvalue weighted by atomic mass is 127. The number of nitrogens with zero attached hydrogens (tertiary/aromatic N) is 3. The Kier molecular flexibility index (Phi) is 13.5. The zero-order chi connectivity index (χ0) is 20.2. The van der Waals surface area contributed by atoms with E-state index in [2.05, 4.69) is 53.4 Å². The van der Waals surface area contributed by atoms with Gasteiger partial charge in [0.25, 0.3) is 0 Å². The van der Waals surface area contributed by atoms with Crippen LogP contribution in [0.15, 0.2) is 11.2 Å². The van der Waals surface area contributed by atoms with Crippen LogP contribution < -0.4 is 10.6 Å². The first kappa shape index (κ1) is 26.2. The van der Waals surface area contributed by atoms with Crippen LogP contribution in [0.25, 0.3) is 0 Å². The van der Waals surface area contributed by atoms with Crippen molar-refractivity contribution in [3.63, 3.8) is 0 Å². The molecule has 1 aromatic heterocycles. The second-order valence-electron chi connectivity index (χ2n) is 7.56. The quantitative estimate of drug-likeness (QED) is 0.181. The number of guanidine groups is 1. The predicted molar refractivity (Wildman–Crippen MR) is 131 cm³/mol. The summed E-state index contributed by atoms with van der Waals surface area (Å²) >= 11 is 0. The van der Waals surface area contributed by atoms with E-state index >= 15 is 0 Å². The molecule has 0 radical (unpaired) electrons.